The van der Waals surface area contributed by atoms with Gasteiger partial charge in [-0.1, -0.05) is 12.2 Å². The molecule has 0 aromatic carbocycles. The first-order valence-electron chi connectivity index (χ1n) is 5.57. The highest BCUT2D eigenvalue weighted by Crippen LogP contribution is 2.12. The summed E-state index contributed by atoms with van der Waals surface area (Å²) >= 11 is 0. The fourth-order valence-corrected chi connectivity index (χ4v) is 1.83. The molecule has 3 nitrogen and oxygen atoms in total. The Morgan fingerprint density at radius 2 is 2.33 bits per heavy atom. The summed E-state index contributed by atoms with van der Waals surface area (Å²) in [7, 11) is 0. The van der Waals surface area contributed by atoms with Crippen LogP contribution in [0.5, 0.6) is 0 Å². The van der Waals surface area contributed by atoms with Crippen LogP contribution in [0.15, 0.2) is 16.6 Å². The maximum absolute atomic E-state index is 5.51. The molecule has 1 unspecified atom stereocenters. The van der Waals surface area contributed by atoms with E-state index >= 15 is 0 Å². The summed E-state index contributed by atoms with van der Waals surface area (Å²) in [4.78, 5) is 4.35. The molecule has 0 bridgehead atoms. The lowest BCUT2D eigenvalue weighted by Gasteiger charge is -2.18. The Morgan fingerprint density at radius 3 is 2.93 bits per heavy atom. The van der Waals surface area contributed by atoms with Crippen molar-refractivity contribution in [1.82, 2.24) is 10.3 Å². The summed E-state index contributed by atoms with van der Waals surface area (Å²) in [5.41, 5.74) is 0.996. The fraction of sp³-hybridized carbons (Fsp3) is 0.583. The van der Waals surface area contributed by atoms with E-state index < -0.39 is 0 Å². The molecule has 1 atom stereocenters. The first kappa shape index (κ1) is 10.4. The van der Waals surface area contributed by atoms with E-state index in [0.717, 1.165) is 30.3 Å². The van der Waals surface area contributed by atoms with Gasteiger partial charge in [-0.25, -0.2) is 4.98 Å². The summed E-state index contributed by atoms with van der Waals surface area (Å²) in [5, 5.41) is 3.47. The molecule has 1 aromatic heterocycles. The van der Waals surface area contributed by atoms with Crippen molar-refractivity contribution in [2.24, 2.45) is 0 Å². The molecule has 0 fully saturated rings. The molecule has 0 saturated carbocycles. The zero-order valence-electron chi connectivity index (χ0n) is 9.42. The number of allylic oxidation sites excluding steroid dienone is 1. The molecule has 0 saturated heterocycles. The SMILES string of the molecule is Cc1nc(CNC2CC=CCC2)oc1C. The van der Waals surface area contributed by atoms with Crippen LogP contribution in [0.25, 0.3) is 0 Å². The molecule has 82 valence electrons. The van der Waals surface area contributed by atoms with Crippen molar-refractivity contribution < 1.29 is 4.42 Å². The molecule has 2 rings (SSSR count). The van der Waals surface area contributed by atoms with Gasteiger partial charge in [0.1, 0.15) is 5.76 Å². The second-order valence-electron chi connectivity index (χ2n) is 4.11. The molecule has 0 amide bonds. The van der Waals surface area contributed by atoms with E-state index in [1.807, 2.05) is 13.8 Å². The highest BCUT2D eigenvalue weighted by Gasteiger charge is 2.11. The lowest BCUT2D eigenvalue weighted by Crippen LogP contribution is -2.29. The Morgan fingerprint density at radius 1 is 1.47 bits per heavy atom. The van der Waals surface area contributed by atoms with Crippen molar-refractivity contribution in [2.75, 3.05) is 0 Å². The van der Waals surface area contributed by atoms with Crippen LogP contribution >= 0.6 is 0 Å². The summed E-state index contributed by atoms with van der Waals surface area (Å²) in [6.45, 7) is 4.67. The molecular formula is C12H18N2O. The summed E-state index contributed by atoms with van der Waals surface area (Å²) in [5.74, 6) is 1.73. The van der Waals surface area contributed by atoms with E-state index in [-0.39, 0.29) is 0 Å². The topological polar surface area (TPSA) is 38.1 Å². The van der Waals surface area contributed by atoms with Crippen LogP contribution in [-0.4, -0.2) is 11.0 Å². The predicted octanol–water partition coefficient (Wildman–Crippen LogP) is 2.49. The summed E-state index contributed by atoms with van der Waals surface area (Å²) in [6, 6.07) is 0.586. The molecule has 1 heterocycles. The monoisotopic (exact) mass is 206 g/mol. The van der Waals surface area contributed by atoms with Gasteiger partial charge in [0.05, 0.1) is 12.2 Å². The standard InChI is InChI=1S/C12H18N2O/c1-9-10(2)15-12(14-9)8-13-11-6-4-3-5-7-11/h3-4,11,13H,5-8H2,1-2H3. The second kappa shape index (κ2) is 4.62. The van der Waals surface area contributed by atoms with E-state index in [1.165, 1.54) is 12.8 Å². The van der Waals surface area contributed by atoms with Crippen molar-refractivity contribution in [1.29, 1.82) is 0 Å². The van der Waals surface area contributed by atoms with Gasteiger partial charge in [-0.2, -0.15) is 0 Å². The van der Waals surface area contributed by atoms with Gasteiger partial charge in [0, 0.05) is 6.04 Å². The number of nitrogens with one attached hydrogen (secondary N) is 1. The van der Waals surface area contributed by atoms with Crippen molar-refractivity contribution >= 4 is 0 Å². The fourth-order valence-electron chi connectivity index (χ4n) is 1.83. The van der Waals surface area contributed by atoms with Crippen LogP contribution in [0.3, 0.4) is 0 Å². The molecule has 0 aliphatic heterocycles. The van der Waals surface area contributed by atoms with Crippen LogP contribution in [-0.2, 0) is 6.54 Å². The minimum Gasteiger partial charge on any atom is -0.444 e. The number of rotatable bonds is 3. The molecule has 1 N–H and O–H groups in total. The summed E-state index contributed by atoms with van der Waals surface area (Å²) < 4.78 is 5.51. The molecule has 1 aromatic rings. The van der Waals surface area contributed by atoms with Gasteiger partial charge in [0.15, 0.2) is 0 Å². The van der Waals surface area contributed by atoms with Gasteiger partial charge in [-0.15, -0.1) is 0 Å². The van der Waals surface area contributed by atoms with Crippen LogP contribution in [0.4, 0.5) is 0 Å². The second-order valence-corrected chi connectivity index (χ2v) is 4.11. The minimum atomic E-state index is 0.586. The third-order valence-electron chi connectivity index (χ3n) is 2.88. The van der Waals surface area contributed by atoms with Crippen LogP contribution in [0, 0.1) is 13.8 Å². The Balaban J connectivity index is 1.84. The zero-order chi connectivity index (χ0) is 10.7. The number of aryl methyl sites for hydroxylation is 2. The smallest absolute Gasteiger partial charge is 0.208 e. The summed E-state index contributed by atoms with van der Waals surface area (Å²) in [6.07, 6.45) is 8.01. The lowest BCUT2D eigenvalue weighted by molar-refractivity contribution is 0.406. The maximum atomic E-state index is 5.51. The predicted molar refractivity (Wildman–Crippen MR) is 59.6 cm³/mol. The molecule has 15 heavy (non-hydrogen) atoms. The van der Waals surface area contributed by atoms with Gasteiger partial charge < -0.3 is 9.73 Å². The number of hydrogen-bond donors (Lipinski definition) is 1. The molecule has 3 heteroatoms. The number of oxazole rings is 1. The Bertz CT molecular complexity index is 335. The lowest BCUT2D eigenvalue weighted by atomic mass is 10.0. The normalized spacial score (nSPS) is 20.8. The van der Waals surface area contributed by atoms with Crippen LogP contribution < -0.4 is 5.32 Å². The van der Waals surface area contributed by atoms with E-state index in [1.54, 1.807) is 0 Å². The molecule has 1 aliphatic rings. The van der Waals surface area contributed by atoms with Crippen LogP contribution in [0.2, 0.25) is 0 Å². The number of nitrogens with zero attached hydrogens (tertiary/aromatic N) is 1. The number of aromatic nitrogens is 1. The highest BCUT2D eigenvalue weighted by atomic mass is 16.4. The average Bonchev–Trinajstić information content (AvgIpc) is 2.57. The largest absolute Gasteiger partial charge is 0.444 e. The molecular weight excluding hydrogens is 188 g/mol. The van der Waals surface area contributed by atoms with E-state index in [9.17, 15) is 0 Å². The van der Waals surface area contributed by atoms with E-state index in [0.29, 0.717) is 6.04 Å². The Labute approximate surface area is 90.6 Å². The Kier molecular flexibility index (Phi) is 3.21. The number of hydrogen-bond acceptors (Lipinski definition) is 3. The quantitative estimate of drug-likeness (QED) is 0.772. The van der Waals surface area contributed by atoms with Gasteiger partial charge in [-0.3, -0.25) is 0 Å². The average molecular weight is 206 g/mol. The Hall–Kier alpha value is -1.09. The highest BCUT2D eigenvalue weighted by molar-refractivity contribution is 5.05. The molecule has 0 radical (unpaired) electrons. The van der Waals surface area contributed by atoms with Crippen molar-refractivity contribution in [2.45, 2.75) is 45.7 Å². The zero-order valence-corrected chi connectivity index (χ0v) is 9.42. The first-order chi connectivity index (χ1) is 7.25. The minimum absolute atomic E-state index is 0.586. The van der Waals surface area contributed by atoms with Crippen LogP contribution in [0.1, 0.15) is 36.6 Å². The molecule has 1 aliphatic carbocycles. The van der Waals surface area contributed by atoms with Gasteiger partial charge >= 0.3 is 0 Å². The van der Waals surface area contributed by atoms with Crippen molar-refractivity contribution in [3.05, 3.63) is 29.5 Å². The van der Waals surface area contributed by atoms with Crippen molar-refractivity contribution in [3.63, 3.8) is 0 Å². The van der Waals surface area contributed by atoms with Gasteiger partial charge in [0.25, 0.3) is 0 Å². The van der Waals surface area contributed by atoms with E-state index in [4.69, 9.17) is 4.42 Å². The van der Waals surface area contributed by atoms with E-state index in [2.05, 4.69) is 22.5 Å². The van der Waals surface area contributed by atoms with Gasteiger partial charge in [-0.05, 0) is 33.1 Å². The van der Waals surface area contributed by atoms with Crippen molar-refractivity contribution in [3.8, 4) is 0 Å². The third kappa shape index (κ3) is 2.69. The molecule has 0 spiro atoms. The maximum Gasteiger partial charge on any atom is 0.208 e. The first-order valence-corrected chi connectivity index (χ1v) is 5.57. The van der Waals surface area contributed by atoms with Gasteiger partial charge in [0.2, 0.25) is 5.89 Å². The third-order valence-corrected chi connectivity index (χ3v) is 2.88.